The van der Waals surface area contributed by atoms with E-state index in [9.17, 15) is 9.59 Å². The molecule has 0 aliphatic heterocycles. The van der Waals surface area contributed by atoms with Crippen LogP contribution in [0.4, 0.5) is 0 Å². The first-order valence-corrected chi connectivity index (χ1v) is 10.8. The highest BCUT2D eigenvalue weighted by Crippen LogP contribution is 2.14. The lowest BCUT2D eigenvalue weighted by Crippen LogP contribution is -2.20. The molecule has 0 bridgehead atoms. The van der Waals surface area contributed by atoms with Crippen molar-refractivity contribution in [1.29, 1.82) is 0 Å². The van der Waals surface area contributed by atoms with Crippen molar-refractivity contribution in [3.05, 3.63) is 0 Å². The summed E-state index contributed by atoms with van der Waals surface area (Å²) in [6.07, 6.45) is 4.10. The standard InChI is InChI=1S/C21H40O8/c1-4-7-8-19(5-2)21(23)29-18-17-27-16-15-26-14-13-25-12-11-24-10-9-20(22)28-6-3/h19H,4-18H2,1-3H3. The molecule has 0 aliphatic carbocycles. The molecule has 1 unspecified atom stereocenters. The Hall–Kier alpha value is -1.22. The Morgan fingerprint density at radius 1 is 0.690 bits per heavy atom. The Bertz CT molecular complexity index is 389. The number of esters is 2. The number of rotatable bonds is 21. The number of hydrogen-bond donors (Lipinski definition) is 0. The topological polar surface area (TPSA) is 89.5 Å². The Morgan fingerprint density at radius 3 is 1.69 bits per heavy atom. The lowest BCUT2D eigenvalue weighted by Gasteiger charge is -2.13. The molecular formula is C21H40O8. The van der Waals surface area contributed by atoms with Crippen molar-refractivity contribution >= 4 is 11.9 Å². The molecule has 0 amide bonds. The van der Waals surface area contributed by atoms with Gasteiger partial charge >= 0.3 is 11.9 Å². The van der Waals surface area contributed by atoms with Crippen LogP contribution >= 0.6 is 0 Å². The predicted molar refractivity (Wildman–Crippen MR) is 109 cm³/mol. The van der Waals surface area contributed by atoms with Crippen LogP contribution in [0.2, 0.25) is 0 Å². The van der Waals surface area contributed by atoms with Gasteiger partial charge in [0.2, 0.25) is 0 Å². The molecule has 0 saturated carbocycles. The monoisotopic (exact) mass is 420 g/mol. The van der Waals surface area contributed by atoms with Gasteiger partial charge in [-0.25, -0.2) is 0 Å². The molecule has 0 aromatic heterocycles. The normalized spacial score (nSPS) is 12.0. The maximum Gasteiger partial charge on any atom is 0.308 e. The highest BCUT2D eigenvalue weighted by Gasteiger charge is 2.16. The molecule has 29 heavy (non-hydrogen) atoms. The Labute approximate surface area is 175 Å². The fraction of sp³-hybridized carbons (Fsp3) is 0.905. The van der Waals surface area contributed by atoms with Crippen molar-refractivity contribution in [3.8, 4) is 0 Å². The summed E-state index contributed by atoms with van der Waals surface area (Å²) in [5, 5.41) is 0. The first-order chi connectivity index (χ1) is 14.2. The largest absolute Gasteiger partial charge is 0.466 e. The van der Waals surface area contributed by atoms with Crippen LogP contribution < -0.4 is 0 Å². The van der Waals surface area contributed by atoms with Gasteiger partial charge in [0, 0.05) is 0 Å². The second kappa shape index (κ2) is 21.5. The van der Waals surface area contributed by atoms with Crippen molar-refractivity contribution in [2.75, 3.05) is 66.1 Å². The zero-order valence-corrected chi connectivity index (χ0v) is 18.4. The van der Waals surface area contributed by atoms with Gasteiger partial charge in [-0.15, -0.1) is 0 Å². The molecule has 0 aromatic rings. The first kappa shape index (κ1) is 27.8. The van der Waals surface area contributed by atoms with Crippen molar-refractivity contribution in [3.63, 3.8) is 0 Å². The third kappa shape index (κ3) is 18.5. The average molecular weight is 421 g/mol. The molecular weight excluding hydrogens is 380 g/mol. The lowest BCUT2D eigenvalue weighted by molar-refractivity contribution is -0.150. The number of hydrogen-bond acceptors (Lipinski definition) is 8. The molecule has 1 atom stereocenters. The van der Waals surface area contributed by atoms with E-state index in [0.717, 1.165) is 25.7 Å². The summed E-state index contributed by atoms with van der Waals surface area (Å²) < 4.78 is 31.4. The van der Waals surface area contributed by atoms with Crippen molar-refractivity contribution in [2.24, 2.45) is 5.92 Å². The van der Waals surface area contributed by atoms with Crippen LogP contribution in [0.1, 0.15) is 52.9 Å². The SMILES string of the molecule is CCCCC(CC)C(=O)OCCOCCOCCOCCOCCC(=O)OCC. The van der Waals surface area contributed by atoms with Gasteiger partial charge < -0.3 is 28.4 Å². The molecule has 0 heterocycles. The van der Waals surface area contributed by atoms with Crippen molar-refractivity contribution in [1.82, 2.24) is 0 Å². The van der Waals surface area contributed by atoms with Crippen molar-refractivity contribution in [2.45, 2.75) is 52.9 Å². The number of carbonyl (C=O) groups is 2. The minimum Gasteiger partial charge on any atom is -0.466 e. The summed E-state index contributed by atoms with van der Waals surface area (Å²) in [5.74, 6) is -0.372. The van der Waals surface area contributed by atoms with Crippen LogP contribution in [0.25, 0.3) is 0 Å². The summed E-state index contributed by atoms with van der Waals surface area (Å²) in [4.78, 5) is 23.0. The van der Waals surface area contributed by atoms with Crippen LogP contribution in [0.3, 0.4) is 0 Å². The minimum absolute atomic E-state index is 0.00116. The van der Waals surface area contributed by atoms with E-state index in [-0.39, 0.29) is 30.9 Å². The van der Waals surface area contributed by atoms with Gasteiger partial charge in [0.25, 0.3) is 0 Å². The quantitative estimate of drug-likeness (QED) is 0.207. The van der Waals surface area contributed by atoms with E-state index in [1.807, 2.05) is 6.92 Å². The van der Waals surface area contributed by atoms with Gasteiger partial charge in [-0.2, -0.15) is 0 Å². The van der Waals surface area contributed by atoms with Gasteiger partial charge in [0.15, 0.2) is 0 Å². The maximum absolute atomic E-state index is 11.9. The van der Waals surface area contributed by atoms with E-state index in [2.05, 4.69) is 6.92 Å². The lowest BCUT2D eigenvalue weighted by atomic mass is 10.00. The van der Waals surface area contributed by atoms with Gasteiger partial charge in [-0.1, -0.05) is 26.7 Å². The smallest absolute Gasteiger partial charge is 0.308 e. The van der Waals surface area contributed by atoms with Crippen LogP contribution in [-0.4, -0.2) is 78.0 Å². The molecule has 0 fully saturated rings. The first-order valence-electron chi connectivity index (χ1n) is 10.8. The van der Waals surface area contributed by atoms with E-state index >= 15 is 0 Å². The highest BCUT2D eigenvalue weighted by atomic mass is 16.6. The fourth-order valence-electron chi connectivity index (χ4n) is 2.41. The van der Waals surface area contributed by atoms with Crippen LogP contribution in [0, 0.1) is 5.92 Å². The Balaban J connectivity index is 3.29. The molecule has 0 rings (SSSR count). The molecule has 0 N–H and O–H groups in total. The Kier molecular flexibility index (Phi) is 20.6. The van der Waals surface area contributed by atoms with E-state index in [1.165, 1.54) is 0 Å². The van der Waals surface area contributed by atoms with E-state index in [1.54, 1.807) is 6.92 Å². The second-order valence-electron chi connectivity index (χ2n) is 6.42. The third-order valence-electron chi connectivity index (χ3n) is 4.08. The van der Waals surface area contributed by atoms with Crippen molar-refractivity contribution < 1.29 is 38.0 Å². The second-order valence-corrected chi connectivity index (χ2v) is 6.42. The molecule has 8 nitrogen and oxygen atoms in total. The molecule has 172 valence electrons. The number of ether oxygens (including phenoxy) is 6. The van der Waals surface area contributed by atoms with E-state index in [0.29, 0.717) is 59.5 Å². The molecule has 8 heteroatoms. The highest BCUT2D eigenvalue weighted by molar-refractivity contribution is 5.72. The van der Waals surface area contributed by atoms with Crippen LogP contribution in [-0.2, 0) is 38.0 Å². The van der Waals surface area contributed by atoms with Crippen LogP contribution in [0.15, 0.2) is 0 Å². The molecule has 0 aromatic carbocycles. The molecule has 0 radical (unpaired) electrons. The summed E-state index contributed by atoms with van der Waals surface area (Å²) in [6.45, 7) is 10.00. The summed E-state index contributed by atoms with van der Waals surface area (Å²) in [5.41, 5.74) is 0. The summed E-state index contributed by atoms with van der Waals surface area (Å²) in [7, 11) is 0. The maximum atomic E-state index is 11.9. The Morgan fingerprint density at radius 2 is 1.21 bits per heavy atom. The minimum atomic E-state index is -0.251. The summed E-state index contributed by atoms with van der Waals surface area (Å²) >= 11 is 0. The van der Waals surface area contributed by atoms with Crippen LogP contribution in [0.5, 0.6) is 0 Å². The third-order valence-corrected chi connectivity index (χ3v) is 4.08. The number of unbranched alkanes of at least 4 members (excludes halogenated alkanes) is 1. The number of carbonyl (C=O) groups excluding carboxylic acids is 2. The molecule has 0 saturated heterocycles. The molecule has 0 aliphatic rings. The zero-order chi connectivity index (χ0) is 21.6. The van der Waals surface area contributed by atoms with Gasteiger partial charge in [0.1, 0.15) is 6.61 Å². The predicted octanol–water partition coefficient (Wildman–Crippen LogP) is 2.77. The van der Waals surface area contributed by atoms with Gasteiger partial charge in [-0.05, 0) is 19.8 Å². The van der Waals surface area contributed by atoms with Gasteiger partial charge in [0.05, 0.1) is 71.8 Å². The molecule has 0 spiro atoms. The van der Waals surface area contributed by atoms with Gasteiger partial charge in [-0.3, -0.25) is 9.59 Å². The van der Waals surface area contributed by atoms with E-state index in [4.69, 9.17) is 28.4 Å². The average Bonchev–Trinajstić information content (AvgIpc) is 2.71. The fourth-order valence-corrected chi connectivity index (χ4v) is 2.41. The van der Waals surface area contributed by atoms with E-state index < -0.39 is 0 Å². The zero-order valence-electron chi connectivity index (χ0n) is 18.4. The summed E-state index contributed by atoms with van der Waals surface area (Å²) in [6, 6.07) is 0.